The van der Waals surface area contributed by atoms with Crippen LogP contribution in [0.15, 0.2) is 71.8 Å². The highest BCUT2D eigenvalue weighted by molar-refractivity contribution is 5.18. The van der Waals surface area contributed by atoms with Crippen LogP contribution < -0.4 is 0 Å². The molecule has 1 aromatic heterocycles. The van der Waals surface area contributed by atoms with E-state index in [1.165, 1.54) is 11.1 Å². The van der Waals surface area contributed by atoms with Crippen LogP contribution in [0.4, 0.5) is 0 Å². The van der Waals surface area contributed by atoms with Gasteiger partial charge in [-0.15, -0.1) is 13.2 Å². The van der Waals surface area contributed by atoms with E-state index < -0.39 is 0 Å². The monoisotopic (exact) mass is 349 g/mol. The van der Waals surface area contributed by atoms with Crippen LogP contribution in [0, 0.1) is 0 Å². The van der Waals surface area contributed by atoms with Gasteiger partial charge in [-0.2, -0.15) is 4.98 Å². The molecule has 2 heterocycles. The van der Waals surface area contributed by atoms with E-state index in [4.69, 9.17) is 4.52 Å². The van der Waals surface area contributed by atoms with Gasteiger partial charge in [-0.25, -0.2) is 0 Å². The SMILES string of the molecule is C=CC[C@@H]1CC(C)=C[C@@H](CC=C)N1Cc1nc(Cc2ccccc2)no1. The lowest BCUT2D eigenvalue weighted by atomic mass is 9.92. The number of hydrogen-bond acceptors (Lipinski definition) is 4. The molecular formula is C22H27N3O. The van der Waals surface area contributed by atoms with Gasteiger partial charge in [0, 0.05) is 18.5 Å². The van der Waals surface area contributed by atoms with Gasteiger partial charge in [-0.05, 0) is 31.7 Å². The maximum absolute atomic E-state index is 5.54. The molecule has 0 spiro atoms. The number of hydrogen-bond donors (Lipinski definition) is 0. The zero-order valence-electron chi connectivity index (χ0n) is 15.5. The average molecular weight is 349 g/mol. The van der Waals surface area contributed by atoms with Gasteiger partial charge in [-0.3, -0.25) is 4.90 Å². The van der Waals surface area contributed by atoms with Gasteiger partial charge in [0.1, 0.15) is 0 Å². The second-order valence-corrected chi connectivity index (χ2v) is 6.93. The Morgan fingerprint density at radius 1 is 1.19 bits per heavy atom. The maximum atomic E-state index is 5.54. The minimum atomic E-state index is 0.315. The number of benzene rings is 1. The van der Waals surface area contributed by atoms with Crippen LogP contribution in [-0.4, -0.2) is 27.1 Å². The third kappa shape index (κ3) is 4.58. The standard InChI is InChI=1S/C22H27N3O/c1-4-9-19-13-17(3)14-20(10-5-2)25(19)16-22-23-21(24-26-22)15-18-11-7-6-8-12-18/h4-8,11-13,19-20H,1-2,9-10,14-16H2,3H3/t19-,20-/m1/s1. The summed E-state index contributed by atoms with van der Waals surface area (Å²) in [7, 11) is 0. The normalized spacial score (nSPS) is 20.6. The molecule has 0 amide bonds. The first-order valence-electron chi connectivity index (χ1n) is 9.19. The van der Waals surface area contributed by atoms with E-state index >= 15 is 0 Å². The summed E-state index contributed by atoms with van der Waals surface area (Å²) in [5, 5.41) is 4.17. The van der Waals surface area contributed by atoms with E-state index in [0.717, 1.165) is 25.1 Å². The van der Waals surface area contributed by atoms with E-state index in [1.54, 1.807) is 0 Å². The molecule has 0 aliphatic carbocycles. The lowest BCUT2D eigenvalue weighted by Gasteiger charge is -2.39. The molecule has 0 radical (unpaired) electrons. The molecule has 0 unspecified atom stereocenters. The molecule has 4 heteroatoms. The molecule has 1 aliphatic rings. The van der Waals surface area contributed by atoms with Crippen molar-refractivity contribution in [2.45, 2.75) is 51.2 Å². The van der Waals surface area contributed by atoms with E-state index in [9.17, 15) is 0 Å². The summed E-state index contributed by atoms with van der Waals surface area (Å²) in [6, 6.07) is 10.9. The molecule has 136 valence electrons. The highest BCUT2D eigenvalue weighted by Crippen LogP contribution is 2.28. The summed E-state index contributed by atoms with van der Waals surface area (Å²) in [6.07, 6.45) is 9.91. The minimum Gasteiger partial charge on any atom is -0.338 e. The summed E-state index contributed by atoms with van der Waals surface area (Å²) in [5.74, 6) is 1.41. The number of nitrogens with zero attached hydrogens (tertiary/aromatic N) is 3. The smallest absolute Gasteiger partial charge is 0.240 e. The molecule has 1 aromatic carbocycles. The summed E-state index contributed by atoms with van der Waals surface area (Å²) >= 11 is 0. The zero-order valence-corrected chi connectivity index (χ0v) is 15.5. The van der Waals surface area contributed by atoms with Gasteiger partial charge in [0.05, 0.1) is 6.54 Å². The second kappa shape index (κ2) is 8.77. The largest absolute Gasteiger partial charge is 0.338 e. The highest BCUT2D eigenvalue weighted by atomic mass is 16.5. The predicted octanol–water partition coefficient (Wildman–Crippen LogP) is 4.70. The Kier molecular flexibility index (Phi) is 6.18. The lowest BCUT2D eigenvalue weighted by Crippen LogP contribution is -2.44. The fourth-order valence-electron chi connectivity index (χ4n) is 3.64. The van der Waals surface area contributed by atoms with Crippen LogP contribution in [0.5, 0.6) is 0 Å². The predicted molar refractivity (Wildman–Crippen MR) is 105 cm³/mol. The Morgan fingerprint density at radius 3 is 2.69 bits per heavy atom. The van der Waals surface area contributed by atoms with Crippen LogP contribution in [0.3, 0.4) is 0 Å². The fraction of sp³-hybridized carbons (Fsp3) is 0.364. The van der Waals surface area contributed by atoms with Gasteiger partial charge in [0.2, 0.25) is 5.89 Å². The third-order valence-electron chi connectivity index (χ3n) is 4.81. The molecule has 2 atom stereocenters. The van der Waals surface area contributed by atoms with E-state index in [1.807, 2.05) is 30.4 Å². The number of aromatic nitrogens is 2. The summed E-state index contributed by atoms with van der Waals surface area (Å²) in [4.78, 5) is 7.06. The van der Waals surface area contributed by atoms with Crippen molar-refractivity contribution in [3.63, 3.8) is 0 Å². The minimum absolute atomic E-state index is 0.315. The van der Waals surface area contributed by atoms with Crippen molar-refractivity contribution in [3.05, 3.63) is 84.6 Å². The fourth-order valence-corrected chi connectivity index (χ4v) is 3.64. The quantitative estimate of drug-likeness (QED) is 0.648. The Labute approximate surface area is 155 Å². The Hall–Kier alpha value is -2.46. The summed E-state index contributed by atoms with van der Waals surface area (Å²) in [5.41, 5.74) is 2.61. The van der Waals surface area contributed by atoms with E-state index in [0.29, 0.717) is 30.9 Å². The number of rotatable bonds is 8. The van der Waals surface area contributed by atoms with Crippen molar-refractivity contribution in [1.82, 2.24) is 15.0 Å². The van der Waals surface area contributed by atoms with Crippen LogP contribution in [0.1, 0.15) is 43.5 Å². The molecule has 2 aromatic rings. The molecule has 0 saturated carbocycles. The van der Waals surface area contributed by atoms with Crippen LogP contribution >= 0.6 is 0 Å². The first kappa shape index (κ1) is 18.3. The van der Waals surface area contributed by atoms with Crippen molar-refractivity contribution in [3.8, 4) is 0 Å². The van der Waals surface area contributed by atoms with Gasteiger partial charge in [0.15, 0.2) is 5.82 Å². The topological polar surface area (TPSA) is 42.2 Å². The molecule has 4 nitrogen and oxygen atoms in total. The average Bonchev–Trinajstić information content (AvgIpc) is 3.06. The molecular weight excluding hydrogens is 322 g/mol. The Bertz CT molecular complexity index is 763. The van der Waals surface area contributed by atoms with Crippen LogP contribution in [0.25, 0.3) is 0 Å². The summed E-state index contributed by atoms with van der Waals surface area (Å²) < 4.78 is 5.54. The molecule has 0 N–H and O–H groups in total. The van der Waals surface area contributed by atoms with Crippen molar-refractivity contribution in [2.24, 2.45) is 0 Å². The van der Waals surface area contributed by atoms with Crippen LogP contribution in [0.2, 0.25) is 0 Å². The van der Waals surface area contributed by atoms with Gasteiger partial charge < -0.3 is 4.52 Å². The molecule has 0 fully saturated rings. The van der Waals surface area contributed by atoms with Crippen LogP contribution in [-0.2, 0) is 13.0 Å². The summed E-state index contributed by atoms with van der Waals surface area (Å²) in [6.45, 7) is 10.7. The second-order valence-electron chi connectivity index (χ2n) is 6.93. The molecule has 0 saturated heterocycles. The lowest BCUT2D eigenvalue weighted by molar-refractivity contribution is 0.121. The first-order chi connectivity index (χ1) is 12.7. The zero-order chi connectivity index (χ0) is 18.4. The Morgan fingerprint density at radius 2 is 1.96 bits per heavy atom. The van der Waals surface area contributed by atoms with E-state index in [-0.39, 0.29) is 0 Å². The van der Waals surface area contributed by atoms with Crippen molar-refractivity contribution in [2.75, 3.05) is 0 Å². The van der Waals surface area contributed by atoms with Gasteiger partial charge >= 0.3 is 0 Å². The molecule has 1 aliphatic heterocycles. The maximum Gasteiger partial charge on any atom is 0.240 e. The van der Waals surface area contributed by atoms with Crippen molar-refractivity contribution in [1.29, 1.82) is 0 Å². The van der Waals surface area contributed by atoms with Gasteiger partial charge in [0.25, 0.3) is 0 Å². The van der Waals surface area contributed by atoms with E-state index in [2.05, 4.69) is 53.3 Å². The third-order valence-corrected chi connectivity index (χ3v) is 4.81. The molecule has 0 bridgehead atoms. The first-order valence-corrected chi connectivity index (χ1v) is 9.19. The molecule has 26 heavy (non-hydrogen) atoms. The Balaban J connectivity index is 1.74. The van der Waals surface area contributed by atoms with Crippen molar-refractivity contribution < 1.29 is 4.52 Å². The van der Waals surface area contributed by atoms with Gasteiger partial charge in [-0.1, -0.05) is 59.3 Å². The molecule has 3 rings (SSSR count). The van der Waals surface area contributed by atoms with Crippen molar-refractivity contribution >= 4 is 0 Å². The highest BCUT2D eigenvalue weighted by Gasteiger charge is 2.29.